The Morgan fingerprint density at radius 3 is 2.78 bits per heavy atom. The summed E-state index contributed by atoms with van der Waals surface area (Å²) in [4.78, 5) is 28.7. The van der Waals surface area contributed by atoms with Gasteiger partial charge in [-0.05, 0) is 36.6 Å². The highest BCUT2D eigenvalue weighted by atomic mass is 19.1. The van der Waals surface area contributed by atoms with E-state index in [9.17, 15) is 18.4 Å². The molecule has 2 fully saturated rings. The van der Waals surface area contributed by atoms with Gasteiger partial charge in [0.25, 0.3) is 5.91 Å². The molecule has 0 bridgehead atoms. The average molecular weight is 436 g/mol. The molecule has 32 heavy (non-hydrogen) atoms. The molecule has 3 heterocycles. The van der Waals surface area contributed by atoms with Crippen LogP contribution in [0.1, 0.15) is 35.2 Å². The van der Waals surface area contributed by atoms with E-state index < -0.39 is 17.5 Å². The number of halogens is 2. The third-order valence-corrected chi connectivity index (χ3v) is 5.20. The van der Waals surface area contributed by atoms with Crippen molar-refractivity contribution in [2.75, 3.05) is 10.6 Å². The second-order valence-electron chi connectivity index (χ2n) is 7.73. The smallest absolute Gasteiger partial charge is 0.259 e. The van der Waals surface area contributed by atoms with Crippen LogP contribution in [0.5, 0.6) is 0 Å². The summed E-state index contributed by atoms with van der Waals surface area (Å²) in [6.45, 7) is 3.84. The highest BCUT2D eigenvalue weighted by Crippen LogP contribution is 2.29. The zero-order valence-corrected chi connectivity index (χ0v) is 16.8. The van der Waals surface area contributed by atoms with Gasteiger partial charge in [-0.1, -0.05) is 6.58 Å². The Labute approximate surface area is 181 Å². The van der Waals surface area contributed by atoms with Crippen molar-refractivity contribution in [3.63, 3.8) is 0 Å². The molecule has 3 N–H and O–H groups in total. The molecule has 2 amide bonds. The van der Waals surface area contributed by atoms with Gasteiger partial charge in [0.1, 0.15) is 23.3 Å². The minimum atomic E-state index is -0.966. The van der Waals surface area contributed by atoms with Gasteiger partial charge in [-0.25, -0.2) is 13.8 Å². The number of aromatic nitrogens is 3. The van der Waals surface area contributed by atoms with E-state index in [-0.39, 0.29) is 23.7 Å². The molecule has 0 radical (unpaired) electrons. The fraction of sp³-hybridized carbons (Fsp3) is 0.182. The van der Waals surface area contributed by atoms with Crippen LogP contribution in [0.2, 0.25) is 0 Å². The first-order chi connectivity index (χ1) is 15.4. The molecule has 1 aromatic carbocycles. The molecule has 1 aliphatic heterocycles. The number of anilines is 2. The first kappa shape index (κ1) is 19.9. The maximum absolute atomic E-state index is 14.0. The van der Waals surface area contributed by atoms with Crippen LogP contribution in [-0.4, -0.2) is 32.5 Å². The third kappa shape index (κ3) is 3.82. The normalized spacial score (nSPS) is 17.1. The molecular formula is C22H18F2N6O2. The molecule has 5 rings (SSSR count). The van der Waals surface area contributed by atoms with Crippen molar-refractivity contribution in [2.45, 2.75) is 25.3 Å². The lowest BCUT2D eigenvalue weighted by Crippen LogP contribution is -2.16. The lowest BCUT2D eigenvalue weighted by Gasteiger charge is -2.11. The van der Waals surface area contributed by atoms with Gasteiger partial charge < -0.3 is 16.0 Å². The van der Waals surface area contributed by atoms with Crippen molar-refractivity contribution in [1.82, 2.24) is 19.9 Å². The van der Waals surface area contributed by atoms with Crippen LogP contribution < -0.4 is 16.0 Å². The summed E-state index contributed by atoms with van der Waals surface area (Å²) in [6, 6.07) is 4.64. The number of benzene rings is 1. The van der Waals surface area contributed by atoms with Crippen LogP contribution in [-0.2, 0) is 4.79 Å². The molecule has 3 aromatic rings. The average Bonchev–Trinajstić information content (AvgIpc) is 3.36. The zero-order chi connectivity index (χ0) is 22.4. The predicted molar refractivity (Wildman–Crippen MR) is 114 cm³/mol. The Kier molecular flexibility index (Phi) is 4.69. The van der Waals surface area contributed by atoms with E-state index in [1.54, 1.807) is 22.9 Å². The van der Waals surface area contributed by atoms with Crippen LogP contribution in [0.25, 0.3) is 11.7 Å². The second kappa shape index (κ2) is 7.56. The van der Waals surface area contributed by atoms with Crippen LogP contribution in [0.3, 0.4) is 0 Å². The number of fused-ring (bicyclic) bond motifs is 1. The Bertz CT molecular complexity index is 1330. The minimum absolute atomic E-state index is 0.143. The standard InChI is InChI=1S/C22H18F2N6O2/c1-11-12(7-20(31)26-11)6-13-10-25-30-19(27-15-3-4-15)9-18(28-21(13)30)29-22(32)16-5-2-14(23)8-17(16)24/h2,5-6,8-10,15,27H,1,3-4,7H2,(H,26,31)(H,28,29,32)/b12-6+. The van der Waals surface area contributed by atoms with Crippen molar-refractivity contribution >= 4 is 35.2 Å². The zero-order valence-electron chi connectivity index (χ0n) is 16.8. The van der Waals surface area contributed by atoms with Crippen LogP contribution in [0.15, 0.2) is 48.3 Å². The quantitative estimate of drug-likeness (QED) is 0.570. The van der Waals surface area contributed by atoms with Crippen molar-refractivity contribution < 1.29 is 18.4 Å². The number of hydrogen-bond acceptors (Lipinski definition) is 5. The molecule has 0 spiro atoms. The lowest BCUT2D eigenvalue weighted by molar-refractivity contribution is -0.118. The Hall–Kier alpha value is -4.08. The number of hydrogen-bond donors (Lipinski definition) is 3. The van der Waals surface area contributed by atoms with E-state index >= 15 is 0 Å². The first-order valence-corrected chi connectivity index (χ1v) is 9.99. The maximum atomic E-state index is 14.0. The molecule has 1 aliphatic carbocycles. The lowest BCUT2D eigenvalue weighted by atomic mass is 10.1. The Morgan fingerprint density at radius 2 is 2.09 bits per heavy atom. The summed E-state index contributed by atoms with van der Waals surface area (Å²) in [5, 5.41) is 13.0. The number of nitrogens with zero attached hydrogens (tertiary/aromatic N) is 3. The minimum Gasteiger partial charge on any atom is -0.367 e. The highest BCUT2D eigenvalue weighted by molar-refractivity contribution is 6.04. The molecule has 0 atom stereocenters. The van der Waals surface area contributed by atoms with Crippen LogP contribution in [0, 0.1) is 11.6 Å². The first-order valence-electron chi connectivity index (χ1n) is 9.99. The summed E-state index contributed by atoms with van der Waals surface area (Å²) < 4.78 is 28.8. The number of nitrogens with one attached hydrogen (secondary N) is 3. The van der Waals surface area contributed by atoms with E-state index in [0.29, 0.717) is 40.4 Å². The molecular weight excluding hydrogens is 418 g/mol. The summed E-state index contributed by atoms with van der Waals surface area (Å²) >= 11 is 0. The third-order valence-electron chi connectivity index (χ3n) is 5.20. The van der Waals surface area contributed by atoms with Gasteiger partial charge in [0, 0.05) is 29.4 Å². The molecule has 1 saturated carbocycles. The van der Waals surface area contributed by atoms with Gasteiger partial charge in [0.2, 0.25) is 5.91 Å². The molecule has 8 nitrogen and oxygen atoms in total. The summed E-state index contributed by atoms with van der Waals surface area (Å²) in [7, 11) is 0. The number of amides is 2. The summed E-state index contributed by atoms with van der Waals surface area (Å²) in [5.41, 5.74) is 1.99. The van der Waals surface area contributed by atoms with E-state index in [1.165, 1.54) is 0 Å². The summed E-state index contributed by atoms with van der Waals surface area (Å²) in [6.07, 6.45) is 5.59. The Balaban J connectivity index is 1.53. The van der Waals surface area contributed by atoms with Crippen molar-refractivity contribution in [3.8, 4) is 0 Å². The molecule has 162 valence electrons. The van der Waals surface area contributed by atoms with Gasteiger partial charge in [0.15, 0.2) is 5.65 Å². The van der Waals surface area contributed by atoms with Crippen LogP contribution in [0.4, 0.5) is 20.4 Å². The van der Waals surface area contributed by atoms with Gasteiger partial charge in [-0.3, -0.25) is 9.59 Å². The van der Waals surface area contributed by atoms with Crippen molar-refractivity contribution in [2.24, 2.45) is 0 Å². The fourth-order valence-electron chi connectivity index (χ4n) is 3.44. The van der Waals surface area contributed by atoms with Gasteiger partial charge >= 0.3 is 0 Å². The fourth-order valence-corrected chi connectivity index (χ4v) is 3.44. The van der Waals surface area contributed by atoms with Crippen LogP contribution >= 0.6 is 0 Å². The van der Waals surface area contributed by atoms with Gasteiger partial charge in [0.05, 0.1) is 18.2 Å². The number of carbonyl (C=O) groups excluding carboxylic acids is 2. The largest absolute Gasteiger partial charge is 0.367 e. The number of allylic oxidation sites excluding steroid dienone is 1. The molecule has 0 unspecified atom stereocenters. The Morgan fingerprint density at radius 1 is 1.28 bits per heavy atom. The van der Waals surface area contributed by atoms with Gasteiger partial charge in [-0.2, -0.15) is 9.61 Å². The number of rotatable bonds is 5. The topological polar surface area (TPSA) is 100 Å². The monoisotopic (exact) mass is 436 g/mol. The maximum Gasteiger partial charge on any atom is 0.259 e. The predicted octanol–water partition coefficient (Wildman–Crippen LogP) is 3.25. The van der Waals surface area contributed by atoms with Crippen molar-refractivity contribution in [3.05, 3.63) is 71.1 Å². The van der Waals surface area contributed by atoms with Crippen molar-refractivity contribution in [1.29, 1.82) is 0 Å². The number of carbonyl (C=O) groups is 2. The van der Waals surface area contributed by atoms with Gasteiger partial charge in [-0.15, -0.1) is 0 Å². The molecule has 10 heteroatoms. The molecule has 2 aliphatic rings. The van der Waals surface area contributed by atoms with E-state index in [2.05, 4.69) is 32.6 Å². The van der Waals surface area contributed by atoms with E-state index in [4.69, 9.17) is 0 Å². The van der Waals surface area contributed by atoms with E-state index in [1.807, 2.05) is 0 Å². The highest BCUT2D eigenvalue weighted by Gasteiger charge is 2.24. The van der Waals surface area contributed by atoms with E-state index in [0.717, 1.165) is 25.0 Å². The second-order valence-corrected chi connectivity index (χ2v) is 7.73. The molecule has 2 aromatic heterocycles. The SMILES string of the molecule is C=C1NC(=O)C/C1=C\c1cnn2c(NC3CC3)cc(NC(=O)c3ccc(F)cc3F)nc12. The molecule has 1 saturated heterocycles. The summed E-state index contributed by atoms with van der Waals surface area (Å²) in [5.74, 6) is -1.85.